The lowest BCUT2D eigenvalue weighted by atomic mass is 10.1. The summed E-state index contributed by atoms with van der Waals surface area (Å²) < 4.78 is 4.16. The summed E-state index contributed by atoms with van der Waals surface area (Å²) in [6.07, 6.45) is 0. The van der Waals surface area contributed by atoms with Crippen LogP contribution in [-0.4, -0.2) is 15.5 Å². The van der Waals surface area contributed by atoms with Crippen LogP contribution in [0.25, 0.3) is 22.8 Å². The maximum atomic E-state index is 5.20. The largest absolute Gasteiger partial charge is 0.314 e. The molecule has 0 fully saturated rings. The van der Waals surface area contributed by atoms with Gasteiger partial charge in [-0.05, 0) is 48.5 Å². The first-order valence-corrected chi connectivity index (χ1v) is 12.5. The lowest BCUT2D eigenvalue weighted by Gasteiger charge is -2.10. The summed E-state index contributed by atoms with van der Waals surface area (Å²) in [5.41, 5.74) is 8.86. The second-order valence-corrected chi connectivity index (χ2v) is 8.74. The zero-order valence-corrected chi connectivity index (χ0v) is 20.7. The molecule has 0 atom stereocenters. The van der Waals surface area contributed by atoms with Crippen LogP contribution in [0.3, 0.4) is 0 Å². The molecule has 0 bridgehead atoms. The van der Waals surface area contributed by atoms with E-state index in [1.165, 1.54) is 0 Å². The predicted molar refractivity (Wildman–Crippen MR) is 153 cm³/mol. The van der Waals surface area contributed by atoms with Gasteiger partial charge in [-0.25, -0.2) is 0 Å². The van der Waals surface area contributed by atoms with E-state index in [0.29, 0.717) is 0 Å². The predicted octanol–water partition coefficient (Wildman–Crippen LogP) is 6.68. The van der Waals surface area contributed by atoms with Crippen molar-refractivity contribution in [2.45, 2.75) is 0 Å². The number of hydrogen-bond acceptors (Lipinski definition) is 3. The Bertz CT molecular complexity index is 1640. The van der Waals surface area contributed by atoms with Gasteiger partial charge in [0, 0.05) is 5.56 Å². The third-order valence-electron chi connectivity index (χ3n) is 6.20. The van der Waals surface area contributed by atoms with Crippen LogP contribution in [0.5, 0.6) is 0 Å². The standard InChI is InChI=1S/C33H25N5/c1-6-16-26(17-7-1)31(35-34-28-20-10-3-11-21-28)33-37(29-22-12-4-13-23-29)32(27-18-8-2-9-19-27)36-38(33)30-24-14-5-15-25-30/h1-25H/p+1. The van der Waals surface area contributed by atoms with Gasteiger partial charge in [0.05, 0.1) is 16.3 Å². The molecule has 0 saturated heterocycles. The average molecular weight is 493 g/mol. The summed E-state index contributed by atoms with van der Waals surface area (Å²) in [4.78, 5) is 0. The number of nitrogens with one attached hydrogen (secondary N) is 1. The molecule has 6 aromatic rings. The topological polar surface area (TPSA) is 46.1 Å². The molecule has 38 heavy (non-hydrogen) atoms. The van der Waals surface area contributed by atoms with Gasteiger partial charge < -0.3 is 0 Å². The Morgan fingerprint density at radius 2 is 1.13 bits per heavy atom. The second-order valence-electron chi connectivity index (χ2n) is 8.74. The fourth-order valence-electron chi connectivity index (χ4n) is 4.41. The number of nitrogens with zero attached hydrogens (tertiary/aromatic N) is 4. The van der Waals surface area contributed by atoms with E-state index in [4.69, 9.17) is 10.2 Å². The highest BCUT2D eigenvalue weighted by Gasteiger charge is 2.33. The highest BCUT2D eigenvalue weighted by molar-refractivity contribution is 6.10. The molecule has 5 heteroatoms. The first kappa shape index (κ1) is 23.1. The molecule has 6 rings (SSSR count). The van der Waals surface area contributed by atoms with Crippen molar-refractivity contribution in [3.05, 3.63) is 163 Å². The van der Waals surface area contributed by atoms with Gasteiger partial charge in [0.25, 0.3) is 5.82 Å². The summed E-state index contributed by atoms with van der Waals surface area (Å²) in [6.45, 7) is 0. The smallest absolute Gasteiger partial charge is 0.278 e. The number of para-hydroxylation sites is 3. The van der Waals surface area contributed by atoms with Gasteiger partial charge in [-0.2, -0.15) is 9.67 Å². The lowest BCUT2D eigenvalue weighted by molar-refractivity contribution is -0.586. The van der Waals surface area contributed by atoms with Crippen LogP contribution in [-0.2, 0) is 0 Å². The van der Waals surface area contributed by atoms with Crippen molar-refractivity contribution < 1.29 is 4.57 Å². The summed E-state index contributed by atoms with van der Waals surface area (Å²) in [5.74, 6) is 1.65. The molecular weight excluding hydrogens is 466 g/mol. The minimum Gasteiger partial charge on any atom is -0.278 e. The SMILES string of the molecule is c1ccc(N/N=C(\c2ccccc2)c2n(-c3ccccc3)nc(-c3ccccc3)[n+]2-c2ccccc2)cc1. The third kappa shape index (κ3) is 4.73. The van der Waals surface area contributed by atoms with Crippen molar-refractivity contribution in [3.63, 3.8) is 0 Å². The van der Waals surface area contributed by atoms with Gasteiger partial charge >= 0.3 is 5.82 Å². The Morgan fingerprint density at radius 1 is 0.605 bits per heavy atom. The Hall–Kier alpha value is -5.29. The van der Waals surface area contributed by atoms with E-state index in [0.717, 1.165) is 45.5 Å². The average Bonchev–Trinajstić information content (AvgIpc) is 3.40. The minimum absolute atomic E-state index is 0.761. The molecular formula is C33H26N5+. The van der Waals surface area contributed by atoms with E-state index in [-0.39, 0.29) is 0 Å². The van der Waals surface area contributed by atoms with Crippen molar-refractivity contribution in [2.24, 2.45) is 5.10 Å². The maximum absolute atomic E-state index is 5.20. The van der Waals surface area contributed by atoms with E-state index < -0.39 is 0 Å². The van der Waals surface area contributed by atoms with E-state index in [1.807, 2.05) is 108 Å². The zero-order valence-electron chi connectivity index (χ0n) is 20.7. The highest BCUT2D eigenvalue weighted by Crippen LogP contribution is 2.22. The number of hydrazone groups is 1. The Morgan fingerprint density at radius 3 is 1.76 bits per heavy atom. The quantitative estimate of drug-likeness (QED) is 0.153. The van der Waals surface area contributed by atoms with Crippen LogP contribution in [0.15, 0.2) is 157 Å². The third-order valence-corrected chi connectivity index (χ3v) is 6.20. The molecule has 182 valence electrons. The molecule has 1 N–H and O–H groups in total. The molecule has 0 aliphatic heterocycles. The minimum atomic E-state index is 0.761. The Kier molecular flexibility index (Phi) is 6.55. The molecule has 0 saturated carbocycles. The first-order chi connectivity index (χ1) is 18.9. The van der Waals surface area contributed by atoms with E-state index in [9.17, 15) is 0 Å². The lowest BCUT2D eigenvalue weighted by Crippen LogP contribution is -2.40. The van der Waals surface area contributed by atoms with Gasteiger partial charge in [-0.15, -0.1) is 0 Å². The highest BCUT2D eigenvalue weighted by atomic mass is 15.4. The molecule has 0 radical (unpaired) electrons. The second kappa shape index (κ2) is 10.8. The van der Waals surface area contributed by atoms with E-state index in [2.05, 4.69) is 58.5 Å². The van der Waals surface area contributed by atoms with Crippen LogP contribution >= 0.6 is 0 Å². The molecule has 1 aromatic heterocycles. The Labute approximate surface area is 222 Å². The maximum Gasteiger partial charge on any atom is 0.314 e. The number of rotatable bonds is 7. The van der Waals surface area contributed by atoms with Gasteiger partial charge in [0.2, 0.25) is 0 Å². The summed E-state index contributed by atoms with van der Waals surface area (Å²) in [7, 11) is 0. The van der Waals surface area contributed by atoms with Crippen molar-refractivity contribution in [2.75, 3.05) is 5.43 Å². The van der Waals surface area contributed by atoms with Crippen molar-refractivity contribution >= 4 is 11.4 Å². The van der Waals surface area contributed by atoms with Crippen molar-refractivity contribution in [1.29, 1.82) is 0 Å². The molecule has 5 nitrogen and oxygen atoms in total. The molecule has 0 unspecified atom stereocenters. The fraction of sp³-hybridized carbons (Fsp3) is 0. The molecule has 1 heterocycles. The monoisotopic (exact) mass is 492 g/mol. The van der Waals surface area contributed by atoms with Gasteiger partial charge in [-0.1, -0.05) is 108 Å². The van der Waals surface area contributed by atoms with Crippen LogP contribution in [0.1, 0.15) is 11.4 Å². The van der Waals surface area contributed by atoms with Gasteiger partial charge in [0.15, 0.2) is 5.71 Å². The number of aromatic nitrogens is 3. The van der Waals surface area contributed by atoms with Crippen LogP contribution < -0.4 is 9.99 Å². The number of anilines is 1. The van der Waals surface area contributed by atoms with Crippen molar-refractivity contribution in [3.8, 4) is 22.8 Å². The fourth-order valence-corrected chi connectivity index (χ4v) is 4.41. The molecule has 0 amide bonds. The summed E-state index contributed by atoms with van der Waals surface area (Å²) >= 11 is 0. The normalized spacial score (nSPS) is 11.3. The summed E-state index contributed by atoms with van der Waals surface area (Å²) in [6, 6.07) is 51.0. The summed E-state index contributed by atoms with van der Waals surface area (Å²) in [5, 5.41) is 10.2. The zero-order chi connectivity index (χ0) is 25.6. The molecule has 0 aliphatic rings. The van der Waals surface area contributed by atoms with Crippen LogP contribution in [0.4, 0.5) is 5.69 Å². The van der Waals surface area contributed by atoms with Crippen molar-refractivity contribution in [1.82, 2.24) is 9.78 Å². The molecule has 0 aliphatic carbocycles. The molecule has 0 spiro atoms. The van der Waals surface area contributed by atoms with E-state index >= 15 is 0 Å². The van der Waals surface area contributed by atoms with E-state index in [1.54, 1.807) is 0 Å². The Balaban J connectivity index is 1.68. The van der Waals surface area contributed by atoms with Gasteiger partial charge in [-0.3, -0.25) is 5.43 Å². The first-order valence-electron chi connectivity index (χ1n) is 12.5. The van der Waals surface area contributed by atoms with Gasteiger partial charge in [0.1, 0.15) is 11.4 Å². The number of benzene rings is 5. The molecule has 5 aromatic carbocycles. The van der Waals surface area contributed by atoms with Crippen LogP contribution in [0, 0.1) is 0 Å². The number of hydrogen-bond donors (Lipinski definition) is 1. The van der Waals surface area contributed by atoms with Crippen LogP contribution in [0.2, 0.25) is 0 Å².